The summed E-state index contributed by atoms with van der Waals surface area (Å²) in [7, 11) is 0. The molecule has 16 heavy (non-hydrogen) atoms. The molecule has 0 amide bonds. The van der Waals surface area contributed by atoms with Crippen molar-refractivity contribution in [2.45, 2.75) is 13.1 Å². The first-order chi connectivity index (χ1) is 7.86. The highest BCUT2D eigenvalue weighted by Crippen LogP contribution is 1.98. The second kappa shape index (κ2) is 8.22. The highest BCUT2D eigenvalue weighted by Gasteiger charge is 1.97. The topological polar surface area (TPSA) is 50.1 Å². The predicted octanol–water partition coefficient (Wildman–Crippen LogP) is 0.331. The molecule has 5 heteroatoms. The summed E-state index contributed by atoms with van der Waals surface area (Å²) in [5.41, 5.74) is 1.13. The number of terminal acetylenes is 1. The number of hydrogen-bond donors (Lipinski definition) is 2. The zero-order valence-electron chi connectivity index (χ0n) is 9.22. The van der Waals surface area contributed by atoms with Crippen LogP contribution < -0.4 is 5.32 Å². The van der Waals surface area contributed by atoms with Gasteiger partial charge in [-0.2, -0.15) is 5.10 Å². The average molecular weight is 239 g/mol. The SMILES string of the molecule is C#CCSCCNCc1cnn(CCO)c1. The number of aliphatic hydroxyl groups excluding tert-OH is 1. The smallest absolute Gasteiger partial charge is 0.0640 e. The standard InChI is InChI=1S/C11H17N3OS/c1-2-6-16-7-3-12-8-11-9-13-14(10-11)4-5-15/h1,9-10,12,15H,3-8H2. The van der Waals surface area contributed by atoms with E-state index in [2.05, 4.69) is 16.3 Å². The largest absolute Gasteiger partial charge is 0.394 e. The third-order valence-corrected chi connectivity index (χ3v) is 2.82. The molecule has 0 aliphatic heterocycles. The summed E-state index contributed by atoms with van der Waals surface area (Å²) in [5.74, 6) is 4.39. The molecule has 0 aliphatic carbocycles. The first-order valence-electron chi connectivity index (χ1n) is 5.21. The third-order valence-electron chi connectivity index (χ3n) is 1.95. The van der Waals surface area contributed by atoms with Crippen molar-refractivity contribution in [2.24, 2.45) is 0 Å². The molecule has 0 unspecified atom stereocenters. The Morgan fingerprint density at radius 2 is 2.50 bits per heavy atom. The fourth-order valence-electron chi connectivity index (χ4n) is 1.23. The lowest BCUT2D eigenvalue weighted by atomic mass is 10.3. The van der Waals surface area contributed by atoms with Crippen molar-refractivity contribution in [3.63, 3.8) is 0 Å². The molecule has 1 aromatic rings. The molecule has 1 rings (SSSR count). The monoisotopic (exact) mass is 239 g/mol. The van der Waals surface area contributed by atoms with E-state index < -0.39 is 0 Å². The fourth-order valence-corrected chi connectivity index (χ4v) is 1.78. The van der Waals surface area contributed by atoms with E-state index in [-0.39, 0.29) is 6.61 Å². The maximum absolute atomic E-state index is 8.73. The lowest BCUT2D eigenvalue weighted by Crippen LogP contribution is -2.16. The Morgan fingerprint density at radius 3 is 3.25 bits per heavy atom. The van der Waals surface area contributed by atoms with E-state index in [1.54, 1.807) is 16.4 Å². The van der Waals surface area contributed by atoms with Gasteiger partial charge in [-0.3, -0.25) is 4.68 Å². The highest BCUT2D eigenvalue weighted by molar-refractivity contribution is 7.99. The molecule has 4 nitrogen and oxygen atoms in total. The minimum Gasteiger partial charge on any atom is -0.394 e. The minimum absolute atomic E-state index is 0.122. The van der Waals surface area contributed by atoms with Crippen molar-refractivity contribution >= 4 is 11.8 Å². The lowest BCUT2D eigenvalue weighted by molar-refractivity contribution is 0.269. The zero-order valence-corrected chi connectivity index (χ0v) is 10.0. The first-order valence-corrected chi connectivity index (χ1v) is 6.36. The van der Waals surface area contributed by atoms with Crippen molar-refractivity contribution in [3.05, 3.63) is 18.0 Å². The molecule has 1 aromatic heterocycles. The molecule has 0 aromatic carbocycles. The normalized spacial score (nSPS) is 10.2. The van der Waals surface area contributed by atoms with Gasteiger partial charge in [0.25, 0.3) is 0 Å². The summed E-state index contributed by atoms with van der Waals surface area (Å²) in [5, 5.41) is 16.2. The van der Waals surface area contributed by atoms with E-state index >= 15 is 0 Å². The first kappa shape index (κ1) is 13.1. The van der Waals surface area contributed by atoms with E-state index in [1.165, 1.54) is 0 Å². The van der Waals surface area contributed by atoms with Crippen LogP contribution in [0.2, 0.25) is 0 Å². The second-order valence-electron chi connectivity index (χ2n) is 3.27. The molecule has 0 saturated heterocycles. The van der Waals surface area contributed by atoms with Crippen molar-refractivity contribution in [2.75, 3.05) is 24.7 Å². The van der Waals surface area contributed by atoms with Crippen molar-refractivity contribution in [1.82, 2.24) is 15.1 Å². The molecular weight excluding hydrogens is 222 g/mol. The molecule has 0 radical (unpaired) electrons. The van der Waals surface area contributed by atoms with E-state index in [1.807, 2.05) is 12.4 Å². The Bertz CT molecular complexity index is 332. The molecule has 2 N–H and O–H groups in total. The van der Waals surface area contributed by atoms with Crippen LogP contribution in [0.3, 0.4) is 0 Å². The van der Waals surface area contributed by atoms with E-state index in [4.69, 9.17) is 11.5 Å². The van der Waals surface area contributed by atoms with Crippen LogP contribution in [0.5, 0.6) is 0 Å². The maximum Gasteiger partial charge on any atom is 0.0640 e. The van der Waals surface area contributed by atoms with Gasteiger partial charge >= 0.3 is 0 Å². The number of aromatic nitrogens is 2. The molecule has 0 bridgehead atoms. The van der Waals surface area contributed by atoms with Gasteiger partial charge in [0.15, 0.2) is 0 Å². The summed E-state index contributed by atoms with van der Waals surface area (Å²) in [6.07, 6.45) is 8.90. The average Bonchev–Trinajstić information content (AvgIpc) is 2.72. The van der Waals surface area contributed by atoms with E-state index in [0.717, 1.165) is 30.2 Å². The van der Waals surface area contributed by atoms with Crippen LogP contribution in [0.25, 0.3) is 0 Å². The van der Waals surface area contributed by atoms with Crippen LogP contribution in [0, 0.1) is 12.3 Å². The zero-order chi connectivity index (χ0) is 11.6. The number of rotatable bonds is 8. The quantitative estimate of drug-likeness (QED) is 0.507. The minimum atomic E-state index is 0.122. The van der Waals surface area contributed by atoms with Crippen LogP contribution in [-0.2, 0) is 13.1 Å². The summed E-state index contributed by atoms with van der Waals surface area (Å²) in [6.45, 7) is 2.43. The van der Waals surface area contributed by atoms with Gasteiger partial charge in [0, 0.05) is 30.6 Å². The van der Waals surface area contributed by atoms with Gasteiger partial charge in [-0.1, -0.05) is 5.92 Å². The van der Waals surface area contributed by atoms with Crippen molar-refractivity contribution in [1.29, 1.82) is 0 Å². The van der Waals surface area contributed by atoms with Crippen molar-refractivity contribution < 1.29 is 5.11 Å². The lowest BCUT2D eigenvalue weighted by Gasteiger charge is -2.01. The number of hydrogen-bond acceptors (Lipinski definition) is 4. The van der Waals surface area contributed by atoms with Gasteiger partial charge in [0.1, 0.15) is 0 Å². The van der Waals surface area contributed by atoms with Crippen molar-refractivity contribution in [3.8, 4) is 12.3 Å². The molecule has 0 spiro atoms. The molecule has 0 fully saturated rings. The van der Waals surface area contributed by atoms with Crippen LogP contribution >= 0.6 is 11.8 Å². The van der Waals surface area contributed by atoms with Gasteiger partial charge in [-0.05, 0) is 0 Å². The summed E-state index contributed by atoms with van der Waals surface area (Å²) < 4.78 is 1.74. The fraction of sp³-hybridized carbons (Fsp3) is 0.545. The Hall–Kier alpha value is -0.960. The Balaban J connectivity index is 2.10. The summed E-state index contributed by atoms with van der Waals surface area (Å²) in [4.78, 5) is 0. The van der Waals surface area contributed by atoms with Crippen LogP contribution in [0.4, 0.5) is 0 Å². The van der Waals surface area contributed by atoms with Gasteiger partial charge < -0.3 is 10.4 Å². The number of aliphatic hydroxyl groups is 1. The molecule has 1 heterocycles. The molecular formula is C11H17N3OS. The Kier molecular flexibility index (Phi) is 6.74. The molecule has 0 atom stereocenters. The van der Waals surface area contributed by atoms with Crippen LogP contribution in [-0.4, -0.2) is 39.5 Å². The number of nitrogens with one attached hydrogen (secondary N) is 1. The Labute approximate surface area is 100 Å². The third kappa shape index (κ3) is 5.21. The number of nitrogens with zero attached hydrogens (tertiary/aromatic N) is 2. The molecule has 88 valence electrons. The van der Waals surface area contributed by atoms with Gasteiger partial charge in [0.05, 0.1) is 25.1 Å². The van der Waals surface area contributed by atoms with E-state index in [0.29, 0.717) is 6.54 Å². The summed E-state index contributed by atoms with van der Waals surface area (Å²) in [6, 6.07) is 0. The van der Waals surface area contributed by atoms with E-state index in [9.17, 15) is 0 Å². The maximum atomic E-state index is 8.73. The summed E-state index contributed by atoms with van der Waals surface area (Å²) >= 11 is 1.75. The highest BCUT2D eigenvalue weighted by atomic mass is 32.2. The molecule has 0 aliphatic rings. The Morgan fingerprint density at radius 1 is 1.62 bits per heavy atom. The van der Waals surface area contributed by atoms with Crippen LogP contribution in [0.1, 0.15) is 5.56 Å². The second-order valence-corrected chi connectivity index (χ2v) is 4.37. The predicted molar refractivity (Wildman–Crippen MR) is 67.2 cm³/mol. The van der Waals surface area contributed by atoms with Gasteiger partial charge in [-0.15, -0.1) is 18.2 Å². The van der Waals surface area contributed by atoms with Gasteiger partial charge in [-0.25, -0.2) is 0 Å². The molecule has 0 saturated carbocycles. The van der Waals surface area contributed by atoms with Gasteiger partial charge in [0.2, 0.25) is 0 Å². The van der Waals surface area contributed by atoms with Crippen LogP contribution in [0.15, 0.2) is 12.4 Å². The number of thioether (sulfide) groups is 1.